The van der Waals surface area contributed by atoms with Crippen molar-refractivity contribution in [3.8, 4) is 0 Å². The van der Waals surface area contributed by atoms with Crippen LogP contribution in [-0.2, 0) is 4.79 Å². The van der Waals surface area contributed by atoms with E-state index in [0.717, 1.165) is 45.3 Å². The standard InChI is InChI=1S/C14H26N2O/c1-3-12-6-5-11-16(12)13(17)14(4-2)7-9-15-10-8-14/h12,15H,3-11H2,1-2H3. The third-order valence-corrected chi connectivity index (χ3v) is 4.80. The fraction of sp³-hybridized carbons (Fsp3) is 0.929. The third kappa shape index (κ3) is 2.35. The Morgan fingerprint density at radius 3 is 2.65 bits per heavy atom. The Labute approximate surface area is 105 Å². The van der Waals surface area contributed by atoms with Gasteiger partial charge in [0.05, 0.1) is 5.41 Å². The van der Waals surface area contributed by atoms with E-state index >= 15 is 0 Å². The Balaban J connectivity index is 2.10. The summed E-state index contributed by atoms with van der Waals surface area (Å²) in [6.07, 6.45) is 6.57. The molecule has 2 aliphatic heterocycles. The molecule has 2 rings (SSSR count). The highest BCUT2D eigenvalue weighted by atomic mass is 16.2. The number of carbonyl (C=O) groups is 1. The van der Waals surface area contributed by atoms with Crippen molar-refractivity contribution in [1.82, 2.24) is 10.2 Å². The average molecular weight is 238 g/mol. The molecule has 1 amide bonds. The van der Waals surface area contributed by atoms with Crippen molar-refractivity contribution in [2.24, 2.45) is 5.41 Å². The molecule has 0 radical (unpaired) electrons. The van der Waals surface area contributed by atoms with Crippen molar-refractivity contribution in [2.75, 3.05) is 19.6 Å². The zero-order valence-electron chi connectivity index (χ0n) is 11.3. The second-order valence-electron chi connectivity index (χ2n) is 5.59. The fourth-order valence-electron chi connectivity index (χ4n) is 3.46. The predicted octanol–water partition coefficient (Wildman–Crippen LogP) is 2.17. The average Bonchev–Trinajstić information content (AvgIpc) is 2.86. The van der Waals surface area contributed by atoms with Gasteiger partial charge < -0.3 is 10.2 Å². The number of amides is 1. The van der Waals surface area contributed by atoms with Crippen LogP contribution in [0.2, 0.25) is 0 Å². The van der Waals surface area contributed by atoms with Crippen molar-refractivity contribution < 1.29 is 4.79 Å². The van der Waals surface area contributed by atoms with E-state index in [2.05, 4.69) is 24.1 Å². The molecule has 0 aromatic carbocycles. The highest BCUT2D eigenvalue weighted by Gasteiger charge is 2.42. The highest BCUT2D eigenvalue weighted by Crippen LogP contribution is 2.37. The summed E-state index contributed by atoms with van der Waals surface area (Å²) in [6.45, 7) is 7.39. The Kier molecular flexibility index (Phi) is 4.08. The lowest BCUT2D eigenvalue weighted by atomic mass is 9.75. The molecule has 0 spiro atoms. The number of likely N-dealkylation sites (tertiary alicyclic amines) is 1. The molecule has 1 unspecified atom stereocenters. The second-order valence-corrected chi connectivity index (χ2v) is 5.59. The maximum absolute atomic E-state index is 12.8. The second kappa shape index (κ2) is 5.38. The number of piperidine rings is 1. The van der Waals surface area contributed by atoms with Crippen LogP contribution < -0.4 is 5.32 Å². The summed E-state index contributed by atoms with van der Waals surface area (Å²) >= 11 is 0. The van der Waals surface area contributed by atoms with Gasteiger partial charge in [0, 0.05) is 12.6 Å². The summed E-state index contributed by atoms with van der Waals surface area (Å²) in [5.41, 5.74) is -0.0526. The van der Waals surface area contributed by atoms with Crippen molar-refractivity contribution in [3.63, 3.8) is 0 Å². The molecule has 17 heavy (non-hydrogen) atoms. The maximum Gasteiger partial charge on any atom is 0.229 e. The molecule has 0 bridgehead atoms. The molecule has 1 N–H and O–H groups in total. The first-order valence-electron chi connectivity index (χ1n) is 7.25. The number of nitrogens with zero attached hydrogens (tertiary/aromatic N) is 1. The van der Waals surface area contributed by atoms with Gasteiger partial charge in [-0.15, -0.1) is 0 Å². The molecule has 0 aliphatic carbocycles. The van der Waals surface area contributed by atoms with Crippen LogP contribution in [0.4, 0.5) is 0 Å². The molecule has 2 fully saturated rings. The van der Waals surface area contributed by atoms with E-state index in [0.29, 0.717) is 11.9 Å². The summed E-state index contributed by atoms with van der Waals surface area (Å²) in [5, 5.41) is 3.37. The Morgan fingerprint density at radius 1 is 1.35 bits per heavy atom. The van der Waals surface area contributed by atoms with Crippen LogP contribution in [-0.4, -0.2) is 36.5 Å². The van der Waals surface area contributed by atoms with Crippen LogP contribution >= 0.6 is 0 Å². The number of carbonyl (C=O) groups excluding carboxylic acids is 1. The molecule has 2 aliphatic rings. The van der Waals surface area contributed by atoms with Gasteiger partial charge in [0.15, 0.2) is 0 Å². The lowest BCUT2D eigenvalue weighted by molar-refractivity contribution is -0.145. The molecule has 2 saturated heterocycles. The first kappa shape index (κ1) is 12.9. The minimum absolute atomic E-state index is 0.0526. The van der Waals surface area contributed by atoms with E-state index in [4.69, 9.17) is 0 Å². The monoisotopic (exact) mass is 238 g/mol. The molecule has 98 valence electrons. The number of rotatable bonds is 3. The summed E-state index contributed by atoms with van der Waals surface area (Å²) in [5.74, 6) is 0.450. The topological polar surface area (TPSA) is 32.3 Å². The summed E-state index contributed by atoms with van der Waals surface area (Å²) in [6, 6.07) is 0.515. The Morgan fingerprint density at radius 2 is 2.06 bits per heavy atom. The molecule has 0 saturated carbocycles. The highest BCUT2D eigenvalue weighted by molar-refractivity contribution is 5.83. The van der Waals surface area contributed by atoms with Crippen molar-refractivity contribution >= 4 is 5.91 Å². The SMILES string of the molecule is CCC1CCCN1C(=O)C1(CC)CCNCC1. The van der Waals surface area contributed by atoms with Crippen molar-refractivity contribution in [3.05, 3.63) is 0 Å². The minimum Gasteiger partial charge on any atom is -0.339 e. The van der Waals surface area contributed by atoms with Crippen LogP contribution in [0, 0.1) is 5.41 Å². The Hall–Kier alpha value is -0.570. The van der Waals surface area contributed by atoms with E-state index in [-0.39, 0.29) is 5.41 Å². The van der Waals surface area contributed by atoms with Crippen LogP contribution in [0.15, 0.2) is 0 Å². The van der Waals surface area contributed by atoms with E-state index in [1.807, 2.05) is 0 Å². The first-order valence-corrected chi connectivity index (χ1v) is 7.25. The van der Waals surface area contributed by atoms with Crippen LogP contribution in [0.25, 0.3) is 0 Å². The van der Waals surface area contributed by atoms with Crippen molar-refractivity contribution in [1.29, 1.82) is 0 Å². The lowest BCUT2D eigenvalue weighted by Gasteiger charge is -2.40. The number of nitrogens with one attached hydrogen (secondary N) is 1. The lowest BCUT2D eigenvalue weighted by Crippen LogP contribution is -2.50. The fourth-order valence-corrected chi connectivity index (χ4v) is 3.46. The van der Waals surface area contributed by atoms with E-state index in [9.17, 15) is 4.79 Å². The van der Waals surface area contributed by atoms with E-state index in [1.54, 1.807) is 0 Å². The van der Waals surface area contributed by atoms with Gasteiger partial charge in [0.25, 0.3) is 0 Å². The summed E-state index contributed by atoms with van der Waals surface area (Å²) < 4.78 is 0. The quantitative estimate of drug-likeness (QED) is 0.817. The summed E-state index contributed by atoms with van der Waals surface area (Å²) in [7, 11) is 0. The first-order chi connectivity index (χ1) is 8.23. The smallest absolute Gasteiger partial charge is 0.229 e. The van der Waals surface area contributed by atoms with Crippen LogP contribution in [0.3, 0.4) is 0 Å². The zero-order chi connectivity index (χ0) is 12.3. The van der Waals surface area contributed by atoms with Crippen molar-refractivity contribution in [2.45, 2.75) is 58.4 Å². The molecule has 2 heterocycles. The van der Waals surface area contributed by atoms with Gasteiger partial charge in [-0.1, -0.05) is 13.8 Å². The molecule has 1 atom stereocenters. The Bertz CT molecular complexity index is 271. The number of hydrogen-bond acceptors (Lipinski definition) is 2. The molecular weight excluding hydrogens is 212 g/mol. The van der Waals surface area contributed by atoms with Gasteiger partial charge in [-0.25, -0.2) is 0 Å². The van der Waals surface area contributed by atoms with E-state index in [1.165, 1.54) is 12.8 Å². The van der Waals surface area contributed by atoms with Gasteiger partial charge in [-0.05, 0) is 51.6 Å². The van der Waals surface area contributed by atoms with Gasteiger partial charge in [0.2, 0.25) is 5.91 Å². The molecular formula is C14H26N2O. The minimum atomic E-state index is -0.0526. The molecule has 0 aromatic rings. The van der Waals surface area contributed by atoms with Gasteiger partial charge in [-0.2, -0.15) is 0 Å². The normalized spacial score (nSPS) is 28.4. The number of hydrogen-bond donors (Lipinski definition) is 1. The van der Waals surface area contributed by atoms with Gasteiger partial charge >= 0.3 is 0 Å². The van der Waals surface area contributed by atoms with Crippen LogP contribution in [0.1, 0.15) is 52.4 Å². The molecule has 3 heteroatoms. The van der Waals surface area contributed by atoms with Gasteiger partial charge in [-0.3, -0.25) is 4.79 Å². The van der Waals surface area contributed by atoms with E-state index < -0.39 is 0 Å². The van der Waals surface area contributed by atoms with Crippen LogP contribution in [0.5, 0.6) is 0 Å². The third-order valence-electron chi connectivity index (χ3n) is 4.80. The largest absolute Gasteiger partial charge is 0.339 e. The molecule has 3 nitrogen and oxygen atoms in total. The summed E-state index contributed by atoms with van der Waals surface area (Å²) in [4.78, 5) is 15.0. The zero-order valence-corrected chi connectivity index (χ0v) is 11.3. The maximum atomic E-state index is 12.8. The predicted molar refractivity (Wildman–Crippen MR) is 69.9 cm³/mol. The molecule has 0 aromatic heterocycles. The van der Waals surface area contributed by atoms with Gasteiger partial charge in [0.1, 0.15) is 0 Å².